The van der Waals surface area contributed by atoms with Gasteiger partial charge in [0.25, 0.3) is 0 Å². The number of nitrogens with one attached hydrogen (secondary N) is 1. The maximum absolute atomic E-state index is 13.7. The summed E-state index contributed by atoms with van der Waals surface area (Å²) in [6.07, 6.45) is 1.13. The van der Waals surface area contributed by atoms with Crippen LogP contribution in [-0.2, 0) is 0 Å². The second-order valence-corrected chi connectivity index (χ2v) is 4.43. The van der Waals surface area contributed by atoms with Crippen LogP contribution < -0.4 is 10.2 Å². The minimum atomic E-state index is -0.585. The van der Waals surface area contributed by atoms with Gasteiger partial charge in [-0.3, -0.25) is 0 Å². The van der Waals surface area contributed by atoms with Crippen LogP contribution in [0.25, 0.3) is 0 Å². The zero-order valence-electron chi connectivity index (χ0n) is 10.7. The van der Waals surface area contributed by atoms with E-state index in [0.717, 1.165) is 6.20 Å². The van der Waals surface area contributed by atoms with Gasteiger partial charge in [0, 0.05) is 13.6 Å². The quantitative estimate of drug-likeness (QED) is 0.814. The Morgan fingerprint density at radius 1 is 1.53 bits per heavy atom. The first kappa shape index (κ1) is 13.6. The summed E-state index contributed by atoms with van der Waals surface area (Å²) >= 11 is 0. The van der Waals surface area contributed by atoms with Crippen LogP contribution in [0.3, 0.4) is 0 Å². The molecule has 0 fully saturated rings. The maximum atomic E-state index is 13.7. The third kappa shape index (κ3) is 3.03. The van der Waals surface area contributed by atoms with Crippen LogP contribution in [0.15, 0.2) is 6.20 Å². The third-order valence-electron chi connectivity index (χ3n) is 2.67. The molecule has 0 aliphatic carbocycles. The van der Waals surface area contributed by atoms with Gasteiger partial charge in [-0.1, -0.05) is 0 Å². The summed E-state index contributed by atoms with van der Waals surface area (Å²) in [5.41, 5.74) is -0.585. The number of anilines is 2. The normalized spacial score (nSPS) is 11.4. The van der Waals surface area contributed by atoms with E-state index in [-0.39, 0.29) is 12.4 Å². The highest BCUT2D eigenvalue weighted by molar-refractivity contribution is 5.45. The van der Waals surface area contributed by atoms with Crippen molar-refractivity contribution in [2.75, 3.05) is 30.4 Å². The van der Waals surface area contributed by atoms with E-state index >= 15 is 0 Å². The molecule has 1 aromatic rings. The number of aliphatic hydroxyl groups is 1. The molecule has 1 rings (SSSR count). The molecule has 2 N–H and O–H groups in total. The van der Waals surface area contributed by atoms with Gasteiger partial charge in [-0.25, -0.2) is 9.37 Å². The highest BCUT2D eigenvalue weighted by atomic mass is 19.1. The fourth-order valence-electron chi connectivity index (χ4n) is 1.23. The molecule has 6 heteroatoms. The molecule has 0 atom stereocenters. The van der Waals surface area contributed by atoms with Crippen molar-refractivity contribution >= 4 is 11.8 Å². The van der Waals surface area contributed by atoms with Gasteiger partial charge < -0.3 is 15.3 Å². The average Bonchev–Trinajstić information content (AvgIpc) is 2.31. The Kier molecular flexibility index (Phi) is 4.22. The summed E-state index contributed by atoms with van der Waals surface area (Å²) < 4.78 is 13.7. The summed E-state index contributed by atoms with van der Waals surface area (Å²) in [7, 11) is 1.69. The molecule has 0 aromatic carbocycles. The van der Waals surface area contributed by atoms with E-state index in [1.807, 2.05) is 20.8 Å². The Labute approximate surface area is 101 Å². The summed E-state index contributed by atoms with van der Waals surface area (Å²) in [5, 5.41) is 12.2. The van der Waals surface area contributed by atoms with E-state index in [1.54, 1.807) is 11.9 Å². The molecule has 1 heterocycles. The molecule has 0 saturated carbocycles. The van der Waals surface area contributed by atoms with Crippen molar-refractivity contribution < 1.29 is 9.50 Å². The summed E-state index contributed by atoms with van der Waals surface area (Å²) in [4.78, 5) is 9.53. The van der Waals surface area contributed by atoms with Crippen molar-refractivity contribution in [1.82, 2.24) is 9.97 Å². The van der Waals surface area contributed by atoms with E-state index in [9.17, 15) is 9.50 Å². The van der Waals surface area contributed by atoms with E-state index in [4.69, 9.17) is 0 Å². The first-order chi connectivity index (χ1) is 7.92. The minimum absolute atomic E-state index is 0.0938. The number of hydrogen-bond acceptors (Lipinski definition) is 5. The van der Waals surface area contributed by atoms with Crippen LogP contribution in [0.4, 0.5) is 16.2 Å². The van der Waals surface area contributed by atoms with Crippen LogP contribution >= 0.6 is 0 Å². The Hall–Kier alpha value is -1.43. The second-order valence-electron chi connectivity index (χ2n) is 4.43. The standard InChI is InChI=1S/C11H19FN4O/c1-5-13-10-14-6-8(12)9(15-10)16(4)11(2,3)7-17/h6,17H,5,7H2,1-4H3,(H,13,14,15). The molecular weight excluding hydrogens is 223 g/mol. The number of aliphatic hydroxyl groups excluding tert-OH is 1. The van der Waals surface area contributed by atoms with Crippen molar-refractivity contribution in [3.05, 3.63) is 12.0 Å². The Morgan fingerprint density at radius 3 is 2.71 bits per heavy atom. The lowest BCUT2D eigenvalue weighted by molar-refractivity contribution is 0.215. The van der Waals surface area contributed by atoms with Crippen LogP contribution in [0.2, 0.25) is 0 Å². The molecule has 1 aromatic heterocycles. The first-order valence-corrected chi connectivity index (χ1v) is 5.53. The Bertz CT molecular complexity index is 384. The topological polar surface area (TPSA) is 61.3 Å². The van der Waals surface area contributed by atoms with Gasteiger partial charge in [-0.15, -0.1) is 0 Å². The molecule has 0 aliphatic rings. The molecule has 0 radical (unpaired) electrons. The Morgan fingerprint density at radius 2 is 2.18 bits per heavy atom. The molecular formula is C11H19FN4O. The summed E-state index contributed by atoms with van der Waals surface area (Å²) in [6, 6.07) is 0. The van der Waals surface area contributed by atoms with Crippen molar-refractivity contribution in [1.29, 1.82) is 0 Å². The molecule has 17 heavy (non-hydrogen) atoms. The fraction of sp³-hybridized carbons (Fsp3) is 0.636. The molecule has 0 amide bonds. The highest BCUT2D eigenvalue weighted by Crippen LogP contribution is 2.23. The third-order valence-corrected chi connectivity index (χ3v) is 2.67. The van der Waals surface area contributed by atoms with Gasteiger partial charge in [-0.05, 0) is 20.8 Å². The minimum Gasteiger partial charge on any atom is -0.394 e. The molecule has 0 unspecified atom stereocenters. The van der Waals surface area contributed by atoms with Gasteiger partial charge >= 0.3 is 0 Å². The van der Waals surface area contributed by atoms with E-state index in [1.165, 1.54) is 0 Å². The number of rotatable bonds is 5. The van der Waals surface area contributed by atoms with Gasteiger partial charge in [0.05, 0.1) is 18.3 Å². The van der Waals surface area contributed by atoms with Gasteiger partial charge in [0.15, 0.2) is 11.6 Å². The zero-order valence-corrected chi connectivity index (χ0v) is 10.7. The lowest BCUT2D eigenvalue weighted by atomic mass is 10.1. The summed E-state index contributed by atoms with van der Waals surface area (Å²) in [5.74, 6) is 0.0511. The molecule has 96 valence electrons. The number of hydrogen-bond donors (Lipinski definition) is 2. The maximum Gasteiger partial charge on any atom is 0.224 e. The summed E-state index contributed by atoms with van der Waals surface area (Å²) in [6.45, 7) is 6.10. The van der Waals surface area contributed by atoms with E-state index in [2.05, 4.69) is 15.3 Å². The smallest absolute Gasteiger partial charge is 0.224 e. The van der Waals surface area contributed by atoms with E-state index in [0.29, 0.717) is 12.5 Å². The lowest BCUT2D eigenvalue weighted by Gasteiger charge is -2.34. The van der Waals surface area contributed by atoms with Gasteiger partial charge in [0.2, 0.25) is 5.95 Å². The first-order valence-electron chi connectivity index (χ1n) is 5.53. The molecule has 0 spiro atoms. The number of aromatic nitrogens is 2. The number of likely N-dealkylation sites (N-methyl/N-ethyl adjacent to an activating group) is 1. The predicted octanol–water partition coefficient (Wildman–Crippen LogP) is 1.25. The van der Waals surface area contributed by atoms with Crippen LogP contribution in [0.5, 0.6) is 0 Å². The SMILES string of the molecule is CCNc1ncc(F)c(N(C)C(C)(C)CO)n1. The molecule has 5 nitrogen and oxygen atoms in total. The van der Waals surface area contributed by atoms with Crippen LogP contribution in [-0.4, -0.2) is 40.8 Å². The number of halogens is 1. The average molecular weight is 242 g/mol. The zero-order chi connectivity index (χ0) is 13.1. The molecule has 0 bridgehead atoms. The van der Waals surface area contributed by atoms with Crippen LogP contribution in [0, 0.1) is 5.82 Å². The van der Waals surface area contributed by atoms with Crippen molar-refractivity contribution in [2.24, 2.45) is 0 Å². The molecule has 0 saturated heterocycles. The van der Waals surface area contributed by atoms with Crippen molar-refractivity contribution in [2.45, 2.75) is 26.3 Å². The monoisotopic (exact) mass is 242 g/mol. The van der Waals surface area contributed by atoms with Crippen molar-refractivity contribution in [3.8, 4) is 0 Å². The fourth-order valence-corrected chi connectivity index (χ4v) is 1.23. The van der Waals surface area contributed by atoms with Crippen molar-refractivity contribution in [3.63, 3.8) is 0 Å². The Balaban J connectivity index is 3.07. The number of nitrogens with zero attached hydrogens (tertiary/aromatic N) is 3. The largest absolute Gasteiger partial charge is 0.394 e. The van der Waals surface area contributed by atoms with E-state index < -0.39 is 11.4 Å². The highest BCUT2D eigenvalue weighted by Gasteiger charge is 2.26. The second kappa shape index (κ2) is 5.27. The van der Waals surface area contributed by atoms with Gasteiger partial charge in [-0.2, -0.15) is 4.98 Å². The van der Waals surface area contributed by atoms with Crippen LogP contribution in [0.1, 0.15) is 20.8 Å². The predicted molar refractivity (Wildman–Crippen MR) is 65.7 cm³/mol. The van der Waals surface area contributed by atoms with Gasteiger partial charge in [0.1, 0.15) is 0 Å². The lowest BCUT2D eigenvalue weighted by Crippen LogP contribution is -2.45. The molecule has 0 aliphatic heterocycles.